The van der Waals surface area contributed by atoms with Crippen LogP contribution in [0.3, 0.4) is 0 Å². The number of hydrogen-bond donors (Lipinski definition) is 2. The molecule has 0 saturated carbocycles. The van der Waals surface area contributed by atoms with Gasteiger partial charge in [0.05, 0.1) is 12.2 Å². The van der Waals surface area contributed by atoms with Gasteiger partial charge < -0.3 is 19.4 Å². The van der Waals surface area contributed by atoms with Gasteiger partial charge in [0, 0.05) is 12.3 Å². The van der Waals surface area contributed by atoms with Crippen molar-refractivity contribution in [2.24, 2.45) is 5.92 Å². The van der Waals surface area contributed by atoms with Crippen LogP contribution in [0.2, 0.25) is 18.1 Å². The summed E-state index contributed by atoms with van der Waals surface area (Å²) in [7, 11) is -2.00. The second-order valence-corrected chi connectivity index (χ2v) is 12.7. The molecule has 136 valence electrons. The van der Waals surface area contributed by atoms with Crippen molar-refractivity contribution in [3.63, 3.8) is 0 Å². The van der Waals surface area contributed by atoms with Gasteiger partial charge in [-0.3, -0.25) is 4.79 Å². The molecular formula is C18H30O5Si. The van der Waals surface area contributed by atoms with Crippen molar-refractivity contribution in [2.45, 2.75) is 64.5 Å². The number of hydrogen-bond acceptors (Lipinski definition) is 5. The van der Waals surface area contributed by atoms with Gasteiger partial charge in [-0.1, -0.05) is 34.3 Å². The van der Waals surface area contributed by atoms with Gasteiger partial charge in [-0.15, -0.1) is 0 Å². The van der Waals surface area contributed by atoms with Crippen LogP contribution < -0.4 is 0 Å². The smallest absolute Gasteiger partial charge is 0.280 e. The molecule has 0 unspecified atom stereocenters. The highest BCUT2D eigenvalue weighted by Crippen LogP contribution is 2.40. The highest BCUT2D eigenvalue weighted by Gasteiger charge is 2.42. The van der Waals surface area contributed by atoms with E-state index in [-0.39, 0.29) is 22.8 Å². The zero-order chi connectivity index (χ0) is 18.7. The van der Waals surface area contributed by atoms with E-state index in [9.17, 15) is 9.90 Å². The van der Waals surface area contributed by atoms with Gasteiger partial charge >= 0.3 is 0 Å². The first-order valence-corrected chi connectivity index (χ1v) is 11.1. The normalized spacial score (nSPS) is 25.8. The van der Waals surface area contributed by atoms with Crippen molar-refractivity contribution in [2.75, 3.05) is 0 Å². The Morgan fingerprint density at radius 3 is 2.42 bits per heavy atom. The molecule has 1 aliphatic carbocycles. The Hall–Kier alpha value is -1.53. The largest absolute Gasteiger partial charge is 0.508 e. The Bertz CT molecular complexity index is 542. The lowest BCUT2D eigenvalue weighted by atomic mass is 9.86. The van der Waals surface area contributed by atoms with E-state index in [1.54, 1.807) is 6.08 Å². The molecule has 0 spiro atoms. The Labute approximate surface area is 145 Å². The molecular weight excluding hydrogens is 324 g/mol. The lowest BCUT2D eigenvalue weighted by Crippen LogP contribution is -2.48. The number of carbonyl (C=O) groups excluding carboxylic acids is 1. The summed E-state index contributed by atoms with van der Waals surface area (Å²) in [4.78, 5) is 11.3. The lowest BCUT2D eigenvalue weighted by molar-refractivity contribution is -0.106. The summed E-state index contributed by atoms with van der Waals surface area (Å²) >= 11 is 0. The molecule has 3 atom stereocenters. The monoisotopic (exact) mass is 354 g/mol. The van der Waals surface area contributed by atoms with E-state index < -0.39 is 20.4 Å². The molecule has 2 N–H and O–H groups in total. The van der Waals surface area contributed by atoms with E-state index in [1.807, 2.05) is 6.92 Å². The molecule has 5 nitrogen and oxygen atoms in total. The van der Waals surface area contributed by atoms with Gasteiger partial charge in [-0.25, -0.2) is 0 Å². The molecule has 0 bridgehead atoms. The SMILES string of the molecule is C=C(O)/C=C(\O)O[C@H]1C=C(C=O)C[C@@H](O[Si](C)(C)C(C)(C)C)[C@@H]1C. The number of aliphatic hydroxyl groups is 2. The van der Waals surface area contributed by atoms with Gasteiger partial charge in [0.15, 0.2) is 8.32 Å². The van der Waals surface area contributed by atoms with Crippen molar-refractivity contribution in [3.8, 4) is 0 Å². The molecule has 0 saturated heterocycles. The van der Waals surface area contributed by atoms with Gasteiger partial charge in [-0.2, -0.15) is 0 Å². The first-order chi connectivity index (χ1) is 10.9. The second kappa shape index (κ2) is 7.57. The topological polar surface area (TPSA) is 76.0 Å². The summed E-state index contributed by atoms with van der Waals surface area (Å²) in [6.07, 6.45) is 3.40. The molecule has 0 aromatic heterocycles. The first kappa shape index (κ1) is 20.5. The third-order valence-corrected chi connectivity index (χ3v) is 9.37. The minimum absolute atomic E-state index is 0.0506. The minimum atomic E-state index is -2.00. The van der Waals surface area contributed by atoms with E-state index in [0.29, 0.717) is 12.0 Å². The number of aliphatic hydroxyl groups excluding tert-OH is 2. The number of aldehydes is 1. The quantitative estimate of drug-likeness (QED) is 0.320. The van der Waals surface area contributed by atoms with Crippen LogP contribution in [0.4, 0.5) is 0 Å². The molecule has 1 aliphatic rings. The average Bonchev–Trinajstić information content (AvgIpc) is 2.40. The zero-order valence-corrected chi connectivity index (χ0v) is 16.5. The maximum Gasteiger partial charge on any atom is 0.280 e. The summed E-state index contributed by atoms with van der Waals surface area (Å²) in [5.41, 5.74) is 0.595. The van der Waals surface area contributed by atoms with E-state index in [2.05, 4.69) is 40.4 Å². The van der Waals surface area contributed by atoms with Crippen molar-refractivity contribution < 1.29 is 24.2 Å². The van der Waals surface area contributed by atoms with Crippen LogP contribution in [0.5, 0.6) is 0 Å². The fourth-order valence-electron chi connectivity index (χ4n) is 2.31. The maximum atomic E-state index is 11.3. The third kappa shape index (κ3) is 5.24. The van der Waals surface area contributed by atoms with Crippen molar-refractivity contribution >= 4 is 14.6 Å². The molecule has 0 aromatic rings. The summed E-state index contributed by atoms with van der Waals surface area (Å²) < 4.78 is 11.9. The fraction of sp³-hybridized carbons (Fsp3) is 0.611. The molecule has 0 aromatic carbocycles. The van der Waals surface area contributed by atoms with E-state index in [0.717, 1.165) is 12.4 Å². The van der Waals surface area contributed by atoms with Crippen LogP contribution in [0.1, 0.15) is 34.1 Å². The zero-order valence-electron chi connectivity index (χ0n) is 15.5. The van der Waals surface area contributed by atoms with E-state index in [4.69, 9.17) is 14.3 Å². The number of ether oxygens (including phenoxy) is 1. The third-order valence-electron chi connectivity index (χ3n) is 4.87. The Morgan fingerprint density at radius 1 is 1.38 bits per heavy atom. The Kier molecular flexibility index (Phi) is 6.47. The summed E-state index contributed by atoms with van der Waals surface area (Å²) in [6, 6.07) is 0. The molecule has 6 heteroatoms. The fourth-order valence-corrected chi connectivity index (χ4v) is 3.72. The van der Waals surface area contributed by atoms with Crippen molar-refractivity contribution in [1.82, 2.24) is 0 Å². The van der Waals surface area contributed by atoms with Gasteiger partial charge in [0.25, 0.3) is 5.95 Å². The number of carbonyl (C=O) groups is 1. The van der Waals surface area contributed by atoms with Crippen LogP contribution in [0, 0.1) is 5.92 Å². The highest BCUT2D eigenvalue weighted by atomic mass is 28.4. The molecule has 1 rings (SSSR count). The summed E-state index contributed by atoms with van der Waals surface area (Å²) in [5, 5.41) is 18.9. The van der Waals surface area contributed by atoms with Crippen LogP contribution in [0.15, 0.2) is 36.0 Å². The van der Waals surface area contributed by atoms with Gasteiger partial charge in [0.2, 0.25) is 0 Å². The molecule has 24 heavy (non-hydrogen) atoms. The molecule has 0 fully saturated rings. The lowest BCUT2D eigenvalue weighted by Gasteiger charge is -2.43. The van der Waals surface area contributed by atoms with Crippen LogP contribution in [0.25, 0.3) is 0 Å². The first-order valence-electron chi connectivity index (χ1n) is 8.16. The van der Waals surface area contributed by atoms with Gasteiger partial charge in [0.1, 0.15) is 18.1 Å². The summed E-state index contributed by atoms with van der Waals surface area (Å²) in [6.45, 7) is 16.1. The van der Waals surface area contributed by atoms with E-state index >= 15 is 0 Å². The summed E-state index contributed by atoms with van der Waals surface area (Å²) in [5.74, 6) is -0.788. The van der Waals surface area contributed by atoms with E-state index in [1.165, 1.54) is 0 Å². The van der Waals surface area contributed by atoms with Crippen molar-refractivity contribution in [1.29, 1.82) is 0 Å². The highest BCUT2D eigenvalue weighted by molar-refractivity contribution is 6.74. The second-order valence-electron chi connectivity index (χ2n) is 7.90. The Balaban J connectivity index is 3.00. The molecule has 0 amide bonds. The average molecular weight is 355 g/mol. The predicted octanol–water partition coefficient (Wildman–Crippen LogP) is 4.40. The maximum absolute atomic E-state index is 11.3. The van der Waals surface area contributed by atoms with Crippen LogP contribution in [-0.2, 0) is 14.0 Å². The molecule has 0 aliphatic heterocycles. The molecule has 0 heterocycles. The number of allylic oxidation sites excluding steroid dienone is 1. The van der Waals surface area contributed by atoms with Gasteiger partial charge in [-0.05, 0) is 29.8 Å². The van der Waals surface area contributed by atoms with Crippen LogP contribution in [-0.4, -0.2) is 37.0 Å². The minimum Gasteiger partial charge on any atom is -0.508 e. The number of rotatable bonds is 6. The Morgan fingerprint density at radius 2 is 1.96 bits per heavy atom. The molecule has 0 radical (unpaired) electrons. The van der Waals surface area contributed by atoms with Crippen LogP contribution >= 0.6 is 0 Å². The predicted molar refractivity (Wildman–Crippen MR) is 97.4 cm³/mol. The van der Waals surface area contributed by atoms with Crippen molar-refractivity contribution in [3.05, 3.63) is 36.0 Å². The standard InChI is InChI=1S/C18H30O5Si/c1-12(20)8-17(21)22-15-9-14(11-19)10-16(13(15)2)23-24(6,7)18(3,4)5/h8-9,11,13,15-16,20-21H,1,10H2,2-7H3/b17-8+/t13-,15+,16-/m1/s1.